The average Bonchev–Trinajstić information content (AvgIpc) is 3.44. The molecule has 0 radical (unpaired) electrons. The Kier molecular flexibility index (Phi) is 8.56. The van der Waals surface area contributed by atoms with Crippen molar-refractivity contribution in [2.45, 2.75) is 25.7 Å². The van der Waals surface area contributed by atoms with Crippen LogP contribution in [0.5, 0.6) is 5.75 Å². The van der Waals surface area contributed by atoms with Gasteiger partial charge in [-0.05, 0) is 47.1 Å². The third-order valence-corrected chi connectivity index (χ3v) is 6.59. The number of hydrogen-bond acceptors (Lipinski definition) is 7. The Morgan fingerprint density at radius 1 is 1.19 bits per heavy atom. The number of hydrogen-bond donors (Lipinski definition) is 1. The summed E-state index contributed by atoms with van der Waals surface area (Å²) in [6, 6.07) is 5.53. The molecule has 10 nitrogen and oxygen atoms in total. The van der Waals surface area contributed by atoms with Gasteiger partial charge in [0.15, 0.2) is 22.3 Å². The molecule has 2 aromatic heterocycles. The van der Waals surface area contributed by atoms with Crippen LogP contribution in [-0.2, 0) is 19.8 Å². The minimum absolute atomic E-state index is 0.0211. The number of aromatic nitrogens is 3. The molecule has 0 saturated heterocycles. The summed E-state index contributed by atoms with van der Waals surface area (Å²) < 4.78 is 80.9. The molecular weight excluding hydrogens is 637 g/mol. The fourth-order valence-electron chi connectivity index (χ4n) is 4.03. The van der Waals surface area contributed by atoms with Crippen molar-refractivity contribution in [1.29, 1.82) is 0 Å². The smallest absolute Gasteiger partial charge is 0.416 e. The fourth-order valence-corrected chi connectivity index (χ4v) is 4.52. The van der Waals surface area contributed by atoms with Crippen LogP contribution in [0.4, 0.5) is 26.7 Å². The highest BCUT2D eigenvalue weighted by atomic mass is 79.9. The van der Waals surface area contributed by atoms with Crippen molar-refractivity contribution in [3.63, 3.8) is 0 Å². The van der Waals surface area contributed by atoms with Crippen LogP contribution >= 0.6 is 15.9 Å². The van der Waals surface area contributed by atoms with Gasteiger partial charge in [-0.25, -0.2) is 13.8 Å². The number of rotatable bonds is 9. The van der Waals surface area contributed by atoms with Gasteiger partial charge in [0.1, 0.15) is 23.2 Å². The SMILES string of the molecule is Cc1nn(C)cc1CN(CC(Oc1ccc(F)c(C(N)=O)c1F)c1nc(-c2ccc(C(F)(F)F)cc2)c(Br)o1)C(=O)[O-]. The molecule has 0 fully saturated rings. The Morgan fingerprint density at radius 3 is 2.40 bits per heavy atom. The second-order valence-electron chi connectivity index (χ2n) is 9.01. The maximum Gasteiger partial charge on any atom is 0.416 e. The van der Waals surface area contributed by atoms with E-state index >= 15 is 4.39 Å². The molecule has 4 aromatic rings. The molecule has 0 saturated carbocycles. The molecule has 42 heavy (non-hydrogen) atoms. The summed E-state index contributed by atoms with van der Waals surface area (Å²) in [5.74, 6) is -5.15. The molecule has 0 aliphatic rings. The second kappa shape index (κ2) is 11.8. The topological polar surface area (TPSA) is 140 Å². The first-order chi connectivity index (χ1) is 19.6. The largest absolute Gasteiger partial charge is 0.530 e. The lowest BCUT2D eigenvalue weighted by Gasteiger charge is -2.28. The number of amides is 2. The molecule has 2 N–H and O–H groups in total. The van der Waals surface area contributed by atoms with Crippen molar-refractivity contribution in [3.8, 4) is 17.0 Å². The zero-order chi connectivity index (χ0) is 30.9. The summed E-state index contributed by atoms with van der Waals surface area (Å²) >= 11 is 3.14. The second-order valence-corrected chi connectivity index (χ2v) is 9.73. The predicted octanol–water partition coefficient (Wildman–Crippen LogP) is 4.51. The first kappa shape index (κ1) is 30.5. The number of halogens is 6. The van der Waals surface area contributed by atoms with Crippen LogP contribution in [0.15, 0.2) is 51.7 Å². The Morgan fingerprint density at radius 2 is 1.86 bits per heavy atom. The number of nitrogens with two attached hydrogens (primary N) is 1. The van der Waals surface area contributed by atoms with E-state index in [2.05, 4.69) is 26.0 Å². The van der Waals surface area contributed by atoms with E-state index in [9.17, 15) is 32.3 Å². The van der Waals surface area contributed by atoms with E-state index in [1.165, 1.54) is 4.68 Å². The van der Waals surface area contributed by atoms with Gasteiger partial charge in [0, 0.05) is 30.9 Å². The van der Waals surface area contributed by atoms with Gasteiger partial charge in [-0.2, -0.15) is 18.3 Å². The van der Waals surface area contributed by atoms with Gasteiger partial charge in [-0.3, -0.25) is 9.48 Å². The predicted molar refractivity (Wildman–Crippen MR) is 137 cm³/mol. The van der Waals surface area contributed by atoms with Crippen LogP contribution in [0.3, 0.4) is 0 Å². The summed E-state index contributed by atoms with van der Waals surface area (Å²) in [6.45, 7) is 0.824. The summed E-state index contributed by atoms with van der Waals surface area (Å²) in [4.78, 5) is 28.8. The van der Waals surface area contributed by atoms with Crippen LogP contribution in [0, 0.1) is 18.6 Å². The van der Waals surface area contributed by atoms with E-state index in [4.69, 9.17) is 14.9 Å². The highest BCUT2D eigenvalue weighted by Gasteiger charge is 2.31. The summed E-state index contributed by atoms with van der Waals surface area (Å²) in [5, 5.41) is 16.3. The zero-order valence-corrected chi connectivity index (χ0v) is 23.3. The number of alkyl halides is 3. The maximum absolute atomic E-state index is 15.1. The minimum atomic E-state index is -4.58. The van der Waals surface area contributed by atoms with Gasteiger partial charge in [0.05, 0.1) is 17.8 Å². The monoisotopic (exact) mass is 656 g/mol. The molecule has 222 valence electrons. The molecule has 1 atom stereocenters. The number of primary amides is 1. The Labute approximate surface area is 242 Å². The number of oxazole rings is 1. The van der Waals surface area contributed by atoms with Gasteiger partial charge in [-0.15, -0.1) is 0 Å². The third-order valence-electron chi connectivity index (χ3n) is 6.06. The summed E-state index contributed by atoms with van der Waals surface area (Å²) in [5.41, 5.74) is 4.33. The zero-order valence-electron chi connectivity index (χ0n) is 21.7. The van der Waals surface area contributed by atoms with Gasteiger partial charge >= 0.3 is 6.18 Å². The molecule has 2 amide bonds. The molecule has 0 bridgehead atoms. The van der Waals surface area contributed by atoms with E-state index in [1.54, 1.807) is 20.2 Å². The quantitative estimate of drug-likeness (QED) is 0.262. The number of carbonyl (C=O) groups is 2. The first-order valence-electron chi connectivity index (χ1n) is 11.9. The Bertz CT molecular complexity index is 1640. The van der Waals surface area contributed by atoms with E-state index < -0.39 is 59.3 Å². The van der Waals surface area contributed by atoms with Crippen LogP contribution in [0.25, 0.3) is 11.3 Å². The van der Waals surface area contributed by atoms with Gasteiger partial charge in [-0.1, -0.05) is 12.1 Å². The number of carbonyl (C=O) groups excluding carboxylic acids is 2. The molecule has 0 spiro atoms. The molecule has 0 aliphatic heterocycles. The van der Waals surface area contributed by atoms with Crippen molar-refractivity contribution in [3.05, 3.63) is 87.2 Å². The van der Waals surface area contributed by atoms with Crippen LogP contribution < -0.4 is 15.6 Å². The maximum atomic E-state index is 15.1. The van der Waals surface area contributed by atoms with E-state index in [-0.39, 0.29) is 28.4 Å². The normalized spacial score (nSPS) is 12.3. The van der Waals surface area contributed by atoms with Crippen molar-refractivity contribution < 1.29 is 45.8 Å². The first-order valence-corrected chi connectivity index (χ1v) is 12.7. The van der Waals surface area contributed by atoms with E-state index in [0.717, 1.165) is 41.3 Å². The minimum Gasteiger partial charge on any atom is -0.530 e. The van der Waals surface area contributed by atoms with E-state index in [1.807, 2.05) is 0 Å². The fraction of sp³-hybridized carbons (Fsp3) is 0.231. The highest BCUT2D eigenvalue weighted by molar-refractivity contribution is 9.10. The van der Waals surface area contributed by atoms with Gasteiger partial charge < -0.3 is 29.7 Å². The summed E-state index contributed by atoms with van der Waals surface area (Å²) in [6.07, 6.45) is -6.20. The highest BCUT2D eigenvalue weighted by Crippen LogP contribution is 2.36. The average molecular weight is 657 g/mol. The number of benzene rings is 2. The number of ether oxygens (including phenoxy) is 1. The molecule has 0 aliphatic carbocycles. The van der Waals surface area contributed by atoms with Crippen molar-refractivity contribution in [2.24, 2.45) is 12.8 Å². The van der Waals surface area contributed by atoms with Gasteiger partial charge in [0.2, 0.25) is 5.89 Å². The van der Waals surface area contributed by atoms with Crippen LogP contribution in [0.1, 0.15) is 39.2 Å². The van der Waals surface area contributed by atoms with Gasteiger partial charge in [0.25, 0.3) is 5.91 Å². The molecule has 2 aromatic carbocycles. The van der Waals surface area contributed by atoms with Crippen molar-refractivity contribution in [2.75, 3.05) is 6.54 Å². The molecule has 16 heteroatoms. The Balaban J connectivity index is 1.75. The number of aryl methyl sites for hydroxylation is 2. The number of carboxylic acid groups (broad SMARTS) is 1. The number of nitrogens with zero attached hydrogens (tertiary/aromatic N) is 4. The lowest BCUT2D eigenvalue weighted by atomic mass is 10.1. The van der Waals surface area contributed by atoms with Crippen LogP contribution in [-0.4, -0.2) is 38.2 Å². The van der Waals surface area contributed by atoms with Crippen LogP contribution in [0.2, 0.25) is 0 Å². The van der Waals surface area contributed by atoms with E-state index in [0.29, 0.717) is 11.3 Å². The standard InChI is InChI=1S/C26H21BrF5N5O5/c1-12-14(9-36(2)35-12)10-37(25(39)40)11-18(41-17-8-7-16(28)19(20(17)29)23(33)38)24-34-21(22(27)42-24)13-3-5-15(6-4-13)26(30,31)32/h3-9,18H,10-11H2,1-2H3,(H2,33,38)(H,39,40)/p-1. The Hall–Kier alpha value is -4.47. The summed E-state index contributed by atoms with van der Waals surface area (Å²) in [7, 11) is 1.63. The van der Waals surface area contributed by atoms with Crippen molar-refractivity contribution in [1.82, 2.24) is 19.7 Å². The molecule has 1 unspecified atom stereocenters. The van der Waals surface area contributed by atoms with Crippen molar-refractivity contribution >= 4 is 27.9 Å². The lowest BCUT2D eigenvalue weighted by molar-refractivity contribution is -0.267. The molecule has 2 heterocycles. The lowest BCUT2D eigenvalue weighted by Crippen LogP contribution is -2.43. The molecule has 4 rings (SSSR count). The third kappa shape index (κ3) is 6.53. The molecular formula is C26H20BrF5N5O5-.